The topological polar surface area (TPSA) is 63.4 Å². The Morgan fingerprint density at radius 3 is 2.67 bits per heavy atom. The van der Waals surface area contributed by atoms with Crippen LogP contribution in [-0.2, 0) is 10.0 Å². The Balaban J connectivity index is 1.96. The molecule has 3 rings (SSSR count). The largest absolute Gasteiger partial charge is 0.361 e. The van der Waals surface area contributed by atoms with Crippen molar-refractivity contribution in [1.82, 2.24) is 9.46 Å². The summed E-state index contributed by atoms with van der Waals surface area (Å²) in [7, 11) is -3.55. The second-order valence-corrected chi connectivity index (χ2v) is 7.42. The molecule has 7 heteroatoms. The molecular formula is C14H15ClN2O3S. The summed E-state index contributed by atoms with van der Waals surface area (Å²) in [5, 5.41) is 4.48. The van der Waals surface area contributed by atoms with Crippen LogP contribution < -0.4 is 0 Å². The molecule has 5 nitrogen and oxygen atoms in total. The lowest BCUT2D eigenvalue weighted by atomic mass is 10.1. The molecule has 1 aliphatic rings. The van der Waals surface area contributed by atoms with E-state index in [1.54, 1.807) is 25.1 Å². The van der Waals surface area contributed by atoms with Gasteiger partial charge < -0.3 is 4.52 Å². The molecular weight excluding hydrogens is 312 g/mol. The van der Waals surface area contributed by atoms with Crippen LogP contribution in [-0.4, -0.2) is 24.4 Å². The number of hydrogen-bond acceptors (Lipinski definition) is 4. The molecule has 0 N–H and O–H groups in total. The number of halogens is 1. The van der Waals surface area contributed by atoms with Crippen LogP contribution in [0.2, 0.25) is 5.02 Å². The minimum atomic E-state index is -3.55. The standard InChI is InChI=1S/C14H15ClN2O3S/c1-10-9-13(16-20-10)14-3-2-8-17(14)21(18,19)12-6-4-11(15)5-7-12/h4-7,9,14H,2-3,8H2,1H3/t14-/m0/s1. The summed E-state index contributed by atoms with van der Waals surface area (Å²) in [6.07, 6.45) is 1.56. The maximum absolute atomic E-state index is 12.8. The van der Waals surface area contributed by atoms with E-state index in [0.717, 1.165) is 12.8 Å². The molecule has 0 radical (unpaired) electrons. The molecule has 21 heavy (non-hydrogen) atoms. The molecule has 112 valence electrons. The lowest BCUT2D eigenvalue weighted by Crippen LogP contribution is -2.30. The lowest BCUT2D eigenvalue weighted by Gasteiger charge is -2.22. The van der Waals surface area contributed by atoms with Gasteiger partial charge in [0.2, 0.25) is 10.0 Å². The maximum atomic E-state index is 12.8. The highest BCUT2D eigenvalue weighted by molar-refractivity contribution is 7.89. The fraction of sp³-hybridized carbons (Fsp3) is 0.357. The third-order valence-electron chi connectivity index (χ3n) is 3.61. The molecule has 0 saturated carbocycles. The second kappa shape index (κ2) is 5.44. The van der Waals surface area contributed by atoms with Crippen LogP contribution in [0.15, 0.2) is 39.8 Å². The van der Waals surface area contributed by atoms with Crippen molar-refractivity contribution in [2.24, 2.45) is 0 Å². The van der Waals surface area contributed by atoms with Crippen molar-refractivity contribution in [3.8, 4) is 0 Å². The first-order valence-electron chi connectivity index (χ1n) is 6.69. The Bertz CT molecular complexity index is 740. The SMILES string of the molecule is Cc1cc([C@@H]2CCCN2S(=O)(=O)c2ccc(Cl)cc2)no1. The molecule has 1 saturated heterocycles. The Labute approximate surface area is 128 Å². The molecule has 1 fully saturated rings. The molecule has 1 aliphatic heterocycles. The van der Waals surface area contributed by atoms with Crippen molar-refractivity contribution in [1.29, 1.82) is 0 Å². The number of rotatable bonds is 3. The van der Waals surface area contributed by atoms with Crippen LogP contribution in [0.4, 0.5) is 0 Å². The monoisotopic (exact) mass is 326 g/mol. The zero-order valence-electron chi connectivity index (χ0n) is 11.5. The second-order valence-electron chi connectivity index (χ2n) is 5.09. The van der Waals surface area contributed by atoms with Gasteiger partial charge in [0.1, 0.15) is 11.5 Å². The Morgan fingerprint density at radius 2 is 2.05 bits per heavy atom. The first-order valence-corrected chi connectivity index (χ1v) is 8.51. The highest BCUT2D eigenvalue weighted by atomic mass is 35.5. The van der Waals surface area contributed by atoms with Gasteiger partial charge in [-0.2, -0.15) is 4.31 Å². The molecule has 2 heterocycles. The predicted octanol–water partition coefficient (Wildman–Crippen LogP) is 3.16. The van der Waals surface area contributed by atoms with Gasteiger partial charge in [-0.15, -0.1) is 0 Å². The minimum Gasteiger partial charge on any atom is -0.361 e. The number of benzene rings is 1. The lowest BCUT2D eigenvalue weighted by molar-refractivity contribution is 0.349. The molecule has 0 bridgehead atoms. The zero-order chi connectivity index (χ0) is 15.0. The summed E-state index contributed by atoms with van der Waals surface area (Å²) in [5.74, 6) is 0.681. The summed E-state index contributed by atoms with van der Waals surface area (Å²) in [6, 6.07) is 7.75. The third kappa shape index (κ3) is 2.71. The summed E-state index contributed by atoms with van der Waals surface area (Å²) in [5.41, 5.74) is 0.669. The molecule has 0 spiro atoms. The molecule has 1 aromatic carbocycles. The van der Waals surface area contributed by atoms with Crippen LogP contribution in [0.3, 0.4) is 0 Å². The molecule has 1 atom stereocenters. The van der Waals surface area contributed by atoms with Crippen LogP contribution >= 0.6 is 11.6 Å². The van der Waals surface area contributed by atoms with Gasteiger partial charge in [-0.1, -0.05) is 16.8 Å². The van der Waals surface area contributed by atoms with Crippen molar-refractivity contribution >= 4 is 21.6 Å². The van der Waals surface area contributed by atoms with E-state index < -0.39 is 10.0 Å². The predicted molar refractivity (Wildman–Crippen MR) is 78.6 cm³/mol. The van der Waals surface area contributed by atoms with Crippen molar-refractivity contribution in [3.05, 3.63) is 46.8 Å². The van der Waals surface area contributed by atoms with Crippen molar-refractivity contribution in [2.75, 3.05) is 6.54 Å². The first-order chi connectivity index (χ1) is 9.98. The third-order valence-corrected chi connectivity index (χ3v) is 5.79. The first kappa shape index (κ1) is 14.6. The van der Waals surface area contributed by atoms with Crippen LogP contribution in [0.25, 0.3) is 0 Å². The average molecular weight is 327 g/mol. The van der Waals surface area contributed by atoms with Crippen LogP contribution in [0.5, 0.6) is 0 Å². The molecule has 0 unspecified atom stereocenters. The van der Waals surface area contributed by atoms with Gasteiger partial charge in [0.25, 0.3) is 0 Å². The van der Waals surface area contributed by atoms with E-state index in [0.29, 0.717) is 23.0 Å². The van der Waals surface area contributed by atoms with E-state index in [2.05, 4.69) is 5.16 Å². The Hall–Kier alpha value is -1.37. The Kier molecular flexibility index (Phi) is 3.77. The Morgan fingerprint density at radius 1 is 1.33 bits per heavy atom. The van der Waals surface area contributed by atoms with E-state index in [4.69, 9.17) is 16.1 Å². The number of aryl methyl sites for hydroxylation is 1. The number of hydrogen-bond donors (Lipinski definition) is 0. The highest BCUT2D eigenvalue weighted by Gasteiger charge is 2.37. The fourth-order valence-electron chi connectivity index (χ4n) is 2.61. The van der Waals surface area contributed by atoms with E-state index in [-0.39, 0.29) is 10.9 Å². The van der Waals surface area contributed by atoms with Crippen LogP contribution in [0.1, 0.15) is 30.3 Å². The normalized spacial score (nSPS) is 20.0. The van der Waals surface area contributed by atoms with E-state index in [9.17, 15) is 8.42 Å². The van der Waals surface area contributed by atoms with Crippen molar-refractivity contribution in [3.63, 3.8) is 0 Å². The van der Waals surface area contributed by atoms with E-state index in [1.165, 1.54) is 16.4 Å². The molecule has 2 aromatic rings. The van der Waals surface area contributed by atoms with Gasteiger partial charge in [-0.25, -0.2) is 8.42 Å². The number of sulfonamides is 1. The quantitative estimate of drug-likeness (QED) is 0.869. The van der Waals surface area contributed by atoms with Gasteiger partial charge in [0, 0.05) is 17.6 Å². The smallest absolute Gasteiger partial charge is 0.243 e. The molecule has 0 amide bonds. The van der Waals surface area contributed by atoms with Gasteiger partial charge in [0.05, 0.1) is 10.9 Å². The molecule has 1 aromatic heterocycles. The van der Waals surface area contributed by atoms with E-state index in [1.807, 2.05) is 0 Å². The van der Waals surface area contributed by atoms with Crippen molar-refractivity contribution in [2.45, 2.75) is 30.7 Å². The zero-order valence-corrected chi connectivity index (χ0v) is 13.1. The fourth-order valence-corrected chi connectivity index (χ4v) is 4.40. The van der Waals surface area contributed by atoms with Gasteiger partial charge >= 0.3 is 0 Å². The maximum Gasteiger partial charge on any atom is 0.243 e. The van der Waals surface area contributed by atoms with Crippen molar-refractivity contribution < 1.29 is 12.9 Å². The molecule has 0 aliphatic carbocycles. The van der Waals surface area contributed by atoms with Gasteiger partial charge in [-0.3, -0.25) is 0 Å². The summed E-state index contributed by atoms with van der Waals surface area (Å²) < 4.78 is 32.1. The van der Waals surface area contributed by atoms with E-state index >= 15 is 0 Å². The minimum absolute atomic E-state index is 0.249. The number of aromatic nitrogens is 1. The van der Waals surface area contributed by atoms with Gasteiger partial charge in [0.15, 0.2) is 0 Å². The summed E-state index contributed by atoms with van der Waals surface area (Å²) >= 11 is 5.82. The summed E-state index contributed by atoms with van der Waals surface area (Å²) in [6.45, 7) is 2.28. The highest BCUT2D eigenvalue weighted by Crippen LogP contribution is 2.36. The van der Waals surface area contributed by atoms with Gasteiger partial charge in [-0.05, 0) is 44.0 Å². The summed E-state index contributed by atoms with van der Waals surface area (Å²) in [4.78, 5) is 0.249. The average Bonchev–Trinajstić information content (AvgIpc) is 3.07. The van der Waals surface area contributed by atoms with Crippen LogP contribution in [0, 0.1) is 6.92 Å². The number of nitrogens with zero attached hydrogens (tertiary/aromatic N) is 2.